The number of Topliss-reactive ketones (excluding diaryl/α,β-unsaturated/α-hetero) is 1. The molecule has 1 unspecified atom stereocenters. The third-order valence-electron chi connectivity index (χ3n) is 6.01. The molecule has 10 heteroatoms. The zero-order chi connectivity index (χ0) is 23.6. The van der Waals surface area contributed by atoms with Gasteiger partial charge < -0.3 is 4.90 Å². The van der Waals surface area contributed by atoms with Crippen molar-refractivity contribution in [1.29, 1.82) is 5.26 Å². The van der Waals surface area contributed by atoms with E-state index in [0.717, 1.165) is 0 Å². The molecule has 1 aromatic heterocycles. The SMILES string of the molecule is N#Cc1cc2c(nc1N1CCC(C(=O)NS(=O)(=O)Cc3ccccc3)CC1)CCC(F)C2=O. The Bertz CT molecular complexity index is 1220. The smallest absolute Gasteiger partial charge is 0.239 e. The second-order valence-electron chi connectivity index (χ2n) is 8.31. The molecule has 2 aliphatic rings. The number of carbonyl (C=O) groups is 2. The van der Waals surface area contributed by atoms with Gasteiger partial charge in [0.1, 0.15) is 11.9 Å². The van der Waals surface area contributed by atoms with Crippen LogP contribution in [0.15, 0.2) is 36.4 Å². The van der Waals surface area contributed by atoms with Crippen molar-refractivity contribution in [2.75, 3.05) is 18.0 Å². The second-order valence-corrected chi connectivity index (χ2v) is 10.0. The van der Waals surface area contributed by atoms with Crippen molar-refractivity contribution < 1.29 is 22.4 Å². The highest BCUT2D eigenvalue weighted by Crippen LogP contribution is 2.30. The summed E-state index contributed by atoms with van der Waals surface area (Å²) in [5.74, 6) is -1.52. The summed E-state index contributed by atoms with van der Waals surface area (Å²) < 4.78 is 40.7. The van der Waals surface area contributed by atoms with Crippen molar-refractivity contribution in [1.82, 2.24) is 9.71 Å². The van der Waals surface area contributed by atoms with Crippen LogP contribution in [0.1, 0.15) is 46.4 Å². The van der Waals surface area contributed by atoms with Gasteiger partial charge in [-0.2, -0.15) is 5.26 Å². The summed E-state index contributed by atoms with van der Waals surface area (Å²) >= 11 is 0. The minimum atomic E-state index is -3.81. The number of pyridine rings is 1. The zero-order valence-electron chi connectivity index (χ0n) is 17.8. The maximum atomic E-state index is 13.8. The molecule has 1 atom stereocenters. The highest BCUT2D eigenvalue weighted by molar-refractivity contribution is 7.89. The monoisotopic (exact) mass is 470 g/mol. The molecule has 0 saturated carbocycles. The van der Waals surface area contributed by atoms with Crippen molar-refractivity contribution in [3.05, 3.63) is 58.8 Å². The van der Waals surface area contributed by atoms with Crippen LogP contribution in [0.25, 0.3) is 0 Å². The number of nitrogens with zero attached hydrogens (tertiary/aromatic N) is 3. The van der Waals surface area contributed by atoms with Gasteiger partial charge in [-0.1, -0.05) is 30.3 Å². The summed E-state index contributed by atoms with van der Waals surface area (Å²) in [5, 5.41) is 9.54. The van der Waals surface area contributed by atoms with Gasteiger partial charge in [-0.3, -0.25) is 14.3 Å². The molecule has 1 aliphatic carbocycles. The number of anilines is 1. The van der Waals surface area contributed by atoms with Gasteiger partial charge in [0.25, 0.3) is 0 Å². The second kappa shape index (κ2) is 9.27. The lowest BCUT2D eigenvalue weighted by Crippen LogP contribution is -2.43. The van der Waals surface area contributed by atoms with Gasteiger partial charge in [-0.25, -0.2) is 17.8 Å². The molecule has 33 heavy (non-hydrogen) atoms. The lowest BCUT2D eigenvalue weighted by atomic mass is 9.91. The summed E-state index contributed by atoms with van der Waals surface area (Å²) in [6, 6.07) is 12.1. The molecule has 0 radical (unpaired) electrons. The Balaban J connectivity index is 1.41. The Morgan fingerprint density at radius 2 is 1.91 bits per heavy atom. The number of piperidine rings is 1. The van der Waals surface area contributed by atoms with Crippen LogP contribution in [0.5, 0.6) is 0 Å². The van der Waals surface area contributed by atoms with Crippen LogP contribution in [0.4, 0.5) is 10.2 Å². The van der Waals surface area contributed by atoms with Gasteiger partial charge in [0.15, 0.2) is 12.0 Å². The number of aromatic nitrogens is 1. The molecule has 172 valence electrons. The van der Waals surface area contributed by atoms with Crippen LogP contribution >= 0.6 is 0 Å². The third-order valence-corrected chi connectivity index (χ3v) is 7.23. The fourth-order valence-electron chi connectivity index (χ4n) is 4.25. The van der Waals surface area contributed by atoms with E-state index >= 15 is 0 Å². The maximum Gasteiger partial charge on any atom is 0.239 e. The first-order valence-corrected chi connectivity index (χ1v) is 12.4. The lowest BCUT2D eigenvalue weighted by molar-refractivity contribution is -0.123. The predicted molar refractivity (Wildman–Crippen MR) is 119 cm³/mol. The summed E-state index contributed by atoms with van der Waals surface area (Å²) in [6.45, 7) is 0.800. The number of hydrogen-bond donors (Lipinski definition) is 1. The van der Waals surface area contributed by atoms with Gasteiger partial charge in [0, 0.05) is 24.6 Å². The number of halogens is 1. The molecule has 2 heterocycles. The quantitative estimate of drug-likeness (QED) is 0.712. The average molecular weight is 471 g/mol. The molecule has 1 aromatic carbocycles. The van der Waals surface area contributed by atoms with Crippen LogP contribution in [0.2, 0.25) is 0 Å². The van der Waals surface area contributed by atoms with E-state index in [1.165, 1.54) is 6.07 Å². The number of rotatable bonds is 5. The number of amides is 1. The fourth-order valence-corrected chi connectivity index (χ4v) is 5.43. The van der Waals surface area contributed by atoms with Crippen molar-refractivity contribution >= 4 is 27.5 Å². The fraction of sp³-hybridized carbons (Fsp3) is 0.391. The number of aryl methyl sites for hydroxylation is 1. The minimum absolute atomic E-state index is 0.0733. The predicted octanol–water partition coefficient (Wildman–Crippen LogP) is 2.28. The molecule has 0 spiro atoms. The molecule has 1 saturated heterocycles. The molecule has 8 nitrogen and oxygen atoms in total. The molecule has 4 rings (SSSR count). The van der Waals surface area contributed by atoms with Crippen molar-refractivity contribution in [3.63, 3.8) is 0 Å². The number of carbonyl (C=O) groups excluding carboxylic acids is 2. The maximum absolute atomic E-state index is 13.8. The van der Waals surface area contributed by atoms with Gasteiger partial charge in [0.05, 0.1) is 17.0 Å². The van der Waals surface area contributed by atoms with E-state index < -0.39 is 33.8 Å². The van der Waals surface area contributed by atoms with E-state index in [9.17, 15) is 27.7 Å². The normalized spacial score (nSPS) is 19.0. The van der Waals surface area contributed by atoms with Crippen molar-refractivity contribution in [2.24, 2.45) is 5.92 Å². The number of ketones is 1. The summed E-state index contributed by atoms with van der Waals surface area (Å²) in [4.78, 5) is 31.0. The van der Waals surface area contributed by atoms with Gasteiger partial charge >= 0.3 is 0 Å². The average Bonchev–Trinajstić information content (AvgIpc) is 2.81. The largest absolute Gasteiger partial charge is 0.355 e. The van der Waals surface area contributed by atoms with Crippen LogP contribution in [-0.4, -0.2) is 44.4 Å². The van der Waals surface area contributed by atoms with Gasteiger partial charge in [-0.15, -0.1) is 0 Å². The zero-order valence-corrected chi connectivity index (χ0v) is 18.6. The van der Waals surface area contributed by atoms with E-state index in [0.29, 0.717) is 49.4 Å². The number of fused-ring (bicyclic) bond motifs is 1. The molecular weight excluding hydrogens is 447 g/mol. The lowest BCUT2D eigenvalue weighted by Gasteiger charge is -2.33. The third kappa shape index (κ3) is 5.03. The number of hydrogen-bond acceptors (Lipinski definition) is 7. The Morgan fingerprint density at radius 1 is 1.21 bits per heavy atom. The molecule has 1 amide bonds. The van der Waals surface area contributed by atoms with Crippen LogP contribution in [0, 0.1) is 17.2 Å². The van der Waals surface area contributed by atoms with E-state index in [1.807, 2.05) is 11.0 Å². The summed E-state index contributed by atoms with van der Waals surface area (Å²) in [7, 11) is -3.81. The first-order valence-electron chi connectivity index (χ1n) is 10.7. The first-order chi connectivity index (χ1) is 15.8. The van der Waals surface area contributed by atoms with Crippen LogP contribution in [0.3, 0.4) is 0 Å². The van der Waals surface area contributed by atoms with Gasteiger partial charge in [0.2, 0.25) is 15.9 Å². The molecule has 1 N–H and O–H groups in total. The number of nitriles is 1. The number of sulfonamides is 1. The van der Waals surface area contributed by atoms with E-state index in [2.05, 4.69) is 9.71 Å². The molecular formula is C23H23FN4O4S. The van der Waals surface area contributed by atoms with Crippen molar-refractivity contribution in [2.45, 2.75) is 37.6 Å². The topological polar surface area (TPSA) is 120 Å². The Morgan fingerprint density at radius 3 is 2.58 bits per heavy atom. The summed E-state index contributed by atoms with van der Waals surface area (Å²) in [5.41, 5.74) is 1.42. The molecule has 2 aromatic rings. The Labute approximate surface area is 191 Å². The van der Waals surface area contributed by atoms with Gasteiger partial charge in [-0.05, 0) is 37.3 Å². The van der Waals surface area contributed by atoms with Crippen molar-refractivity contribution in [3.8, 4) is 6.07 Å². The van der Waals surface area contributed by atoms with E-state index in [1.54, 1.807) is 30.3 Å². The highest BCUT2D eigenvalue weighted by Gasteiger charge is 2.32. The van der Waals surface area contributed by atoms with Crippen LogP contribution in [-0.2, 0) is 27.0 Å². The molecule has 0 bridgehead atoms. The standard InChI is InChI=1S/C23H23FN4O4S/c24-19-6-7-20-18(21(19)29)12-17(13-25)22(26-20)28-10-8-16(9-11-28)23(30)27-33(31,32)14-15-4-2-1-3-5-15/h1-5,12,16,19H,6-11,14H2,(H,27,30). The summed E-state index contributed by atoms with van der Waals surface area (Å²) in [6.07, 6.45) is -0.392. The Kier molecular flexibility index (Phi) is 6.42. The number of alkyl halides is 1. The van der Waals surface area contributed by atoms with E-state index in [4.69, 9.17) is 0 Å². The molecule has 1 aliphatic heterocycles. The minimum Gasteiger partial charge on any atom is -0.355 e. The number of benzene rings is 1. The van der Waals surface area contributed by atoms with E-state index in [-0.39, 0.29) is 23.3 Å². The molecule has 1 fully saturated rings. The first kappa shape index (κ1) is 22.9. The number of nitrogens with one attached hydrogen (secondary N) is 1. The highest BCUT2D eigenvalue weighted by atomic mass is 32.2. The van der Waals surface area contributed by atoms with Crippen LogP contribution < -0.4 is 9.62 Å². The Hall–Kier alpha value is -3.32.